The Bertz CT molecular complexity index is 919. The quantitative estimate of drug-likeness (QED) is 0.443. The summed E-state index contributed by atoms with van der Waals surface area (Å²) in [5, 5.41) is 0.659. The van der Waals surface area contributed by atoms with Crippen LogP contribution in [0.1, 0.15) is 23.7 Å². The molecule has 1 saturated heterocycles. The zero-order chi connectivity index (χ0) is 23.1. The maximum Gasteiger partial charge on any atom is 0.491 e. The van der Waals surface area contributed by atoms with Gasteiger partial charge in [-0.15, -0.1) is 0 Å². The van der Waals surface area contributed by atoms with Gasteiger partial charge in [-0.1, -0.05) is 35.9 Å². The summed E-state index contributed by atoms with van der Waals surface area (Å²) >= 11 is 5.87. The van der Waals surface area contributed by atoms with E-state index in [-0.39, 0.29) is 19.1 Å². The number of halogens is 4. The van der Waals surface area contributed by atoms with Gasteiger partial charge in [0.05, 0.1) is 19.1 Å². The number of hydrogen-bond donors (Lipinski definition) is 0. The molecule has 0 aromatic heterocycles. The number of carbonyl (C=O) groups is 2. The van der Waals surface area contributed by atoms with E-state index in [0.717, 1.165) is 11.1 Å². The Hall–Kier alpha value is -2.62. The molecule has 3 rings (SSSR count). The molecule has 0 aliphatic carbocycles. The van der Waals surface area contributed by atoms with Gasteiger partial charge in [-0.3, -0.25) is 9.69 Å². The van der Waals surface area contributed by atoms with Crippen LogP contribution in [0.25, 0.3) is 0 Å². The Kier molecular flexibility index (Phi) is 8.11. The maximum atomic E-state index is 12.2. The Morgan fingerprint density at radius 3 is 2.44 bits per heavy atom. The Balaban J connectivity index is 1.46. The summed E-state index contributed by atoms with van der Waals surface area (Å²) < 4.78 is 51.8. The number of carbonyl (C=O) groups excluding carboxylic acids is 2. The SMILES string of the molecule is O=C(CCN1CCOC(c2ccc(OCc3ccc(Cl)cc3)cc2)C1)OC(=O)C(F)(F)F. The number of benzene rings is 2. The van der Waals surface area contributed by atoms with Crippen LogP contribution >= 0.6 is 11.6 Å². The van der Waals surface area contributed by atoms with Crippen molar-refractivity contribution in [1.29, 1.82) is 0 Å². The van der Waals surface area contributed by atoms with Gasteiger partial charge >= 0.3 is 18.1 Å². The summed E-state index contributed by atoms with van der Waals surface area (Å²) in [5.74, 6) is -3.02. The molecular formula is C22H21ClF3NO5. The van der Waals surface area contributed by atoms with Gasteiger partial charge in [0.2, 0.25) is 0 Å². The molecule has 172 valence electrons. The van der Waals surface area contributed by atoms with Gasteiger partial charge in [-0.25, -0.2) is 4.79 Å². The highest BCUT2D eigenvalue weighted by molar-refractivity contribution is 6.30. The molecule has 2 aromatic carbocycles. The highest BCUT2D eigenvalue weighted by atomic mass is 35.5. The van der Waals surface area contributed by atoms with Crippen LogP contribution in [0.15, 0.2) is 48.5 Å². The molecule has 0 amide bonds. The first-order chi connectivity index (χ1) is 15.2. The van der Waals surface area contributed by atoms with E-state index in [1.54, 1.807) is 12.1 Å². The van der Waals surface area contributed by atoms with E-state index in [1.807, 2.05) is 41.3 Å². The fourth-order valence-corrected chi connectivity index (χ4v) is 3.22. The van der Waals surface area contributed by atoms with Crippen molar-refractivity contribution in [3.63, 3.8) is 0 Å². The lowest BCUT2D eigenvalue weighted by Gasteiger charge is -2.33. The summed E-state index contributed by atoms with van der Waals surface area (Å²) in [6.07, 6.45) is -5.78. The van der Waals surface area contributed by atoms with Crippen molar-refractivity contribution in [2.75, 3.05) is 26.2 Å². The van der Waals surface area contributed by atoms with Crippen LogP contribution in [0, 0.1) is 0 Å². The fraction of sp³-hybridized carbons (Fsp3) is 0.364. The van der Waals surface area contributed by atoms with E-state index in [2.05, 4.69) is 4.74 Å². The topological polar surface area (TPSA) is 65.1 Å². The van der Waals surface area contributed by atoms with Crippen LogP contribution in [0.5, 0.6) is 5.75 Å². The van der Waals surface area contributed by atoms with E-state index in [0.29, 0.717) is 37.1 Å². The number of rotatable bonds is 7. The average molecular weight is 472 g/mol. The lowest BCUT2D eigenvalue weighted by Crippen LogP contribution is -2.39. The van der Waals surface area contributed by atoms with E-state index in [1.165, 1.54) is 0 Å². The molecule has 1 unspecified atom stereocenters. The zero-order valence-corrected chi connectivity index (χ0v) is 17.7. The molecule has 6 nitrogen and oxygen atoms in total. The van der Waals surface area contributed by atoms with Gasteiger partial charge in [0, 0.05) is 24.7 Å². The van der Waals surface area contributed by atoms with Crippen LogP contribution in [0.4, 0.5) is 13.2 Å². The van der Waals surface area contributed by atoms with E-state index in [9.17, 15) is 22.8 Å². The van der Waals surface area contributed by atoms with Gasteiger partial charge in [-0.05, 0) is 35.4 Å². The predicted octanol–water partition coefficient (Wildman–Crippen LogP) is 4.31. The van der Waals surface area contributed by atoms with E-state index >= 15 is 0 Å². The maximum absolute atomic E-state index is 12.2. The molecule has 0 radical (unpaired) electrons. The van der Waals surface area contributed by atoms with Crippen LogP contribution in [0.3, 0.4) is 0 Å². The summed E-state index contributed by atoms with van der Waals surface area (Å²) in [5.41, 5.74) is 1.89. The van der Waals surface area contributed by atoms with Crippen molar-refractivity contribution < 1.29 is 37.0 Å². The molecule has 0 saturated carbocycles. The Morgan fingerprint density at radius 1 is 1.09 bits per heavy atom. The van der Waals surface area contributed by atoms with Crippen molar-refractivity contribution in [3.8, 4) is 5.75 Å². The van der Waals surface area contributed by atoms with Crippen LogP contribution in [-0.4, -0.2) is 49.3 Å². The standard InChI is InChI=1S/C22H21ClF3NO5/c23-17-5-1-15(2-6-17)14-31-18-7-3-16(4-8-18)19-13-27(11-12-30-19)10-9-20(28)32-21(29)22(24,25)26/h1-8,19H,9-14H2. The third-order valence-corrected chi connectivity index (χ3v) is 5.04. The summed E-state index contributed by atoms with van der Waals surface area (Å²) in [6.45, 7) is 1.92. The first kappa shape index (κ1) is 24.0. The summed E-state index contributed by atoms with van der Waals surface area (Å²) in [6, 6.07) is 14.8. The second-order valence-electron chi connectivity index (χ2n) is 7.15. The second kappa shape index (κ2) is 10.8. The third kappa shape index (κ3) is 7.22. The molecule has 1 atom stereocenters. The van der Waals surface area contributed by atoms with E-state index in [4.69, 9.17) is 21.1 Å². The van der Waals surface area contributed by atoms with Crippen molar-refractivity contribution in [3.05, 3.63) is 64.7 Å². The van der Waals surface area contributed by atoms with Gasteiger partial charge in [-0.2, -0.15) is 13.2 Å². The largest absolute Gasteiger partial charge is 0.491 e. The molecule has 1 aliphatic heterocycles. The molecule has 1 heterocycles. The molecule has 0 spiro atoms. The minimum Gasteiger partial charge on any atom is -0.489 e. The lowest BCUT2D eigenvalue weighted by atomic mass is 10.1. The smallest absolute Gasteiger partial charge is 0.489 e. The number of esters is 2. The molecule has 0 N–H and O–H groups in total. The normalized spacial score (nSPS) is 17.1. The van der Waals surface area contributed by atoms with Crippen molar-refractivity contribution in [2.24, 2.45) is 0 Å². The minimum absolute atomic E-state index is 0.159. The molecule has 10 heteroatoms. The highest BCUT2D eigenvalue weighted by Crippen LogP contribution is 2.25. The van der Waals surface area contributed by atoms with Crippen molar-refractivity contribution in [1.82, 2.24) is 4.90 Å². The van der Waals surface area contributed by atoms with Crippen LogP contribution in [0.2, 0.25) is 5.02 Å². The summed E-state index contributed by atoms with van der Waals surface area (Å²) in [7, 11) is 0. The molecule has 2 aromatic rings. The first-order valence-corrected chi connectivity index (χ1v) is 10.2. The summed E-state index contributed by atoms with van der Waals surface area (Å²) in [4.78, 5) is 24.1. The van der Waals surface area contributed by atoms with Gasteiger partial charge in [0.25, 0.3) is 0 Å². The molecule has 32 heavy (non-hydrogen) atoms. The molecule has 0 bridgehead atoms. The zero-order valence-electron chi connectivity index (χ0n) is 16.9. The number of ether oxygens (including phenoxy) is 3. The predicted molar refractivity (Wildman–Crippen MR) is 109 cm³/mol. The van der Waals surface area contributed by atoms with Gasteiger partial charge in [0.1, 0.15) is 12.4 Å². The van der Waals surface area contributed by atoms with Gasteiger partial charge in [0.15, 0.2) is 0 Å². The number of morpholine rings is 1. The van der Waals surface area contributed by atoms with Crippen molar-refractivity contribution >= 4 is 23.5 Å². The lowest BCUT2D eigenvalue weighted by molar-refractivity contribution is -0.202. The second-order valence-corrected chi connectivity index (χ2v) is 7.59. The third-order valence-electron chi connectivity index (χ3n) is 4.79. The molecular weight excluding hydrogens is 451 g/mol. The minimum atomic E-state index is -5.19. The fourth-order valence-electron chi connectivity index (χ4n) is 3.09. The Labute approximate surface area is 187 Å². The van der Waals surface area contributed by atoms with Crippen LogP contribution < -0.4 is 4.74 Å². The van der Waals surface area contributed by atoms with Gasteiger partial charge < -0.3 is 14.2 Å². The van der Waals surface area contributed by atoms with Crippen molar-refractivity contribution in [2.45, 2.75) is 25.3 Å². The number of nitrogens with zero attached hydrogens (tertiary/aromatic N) is 1. The number of alkyl halides is 3. The number of hydrogen-bond acceptors (Lipinski definition) is 6. The Morgan fingerprint density at radius 2 is 1.78 bits per heavy atom. The molecule has 1 fully saturated rings. The first-order valence-electron chi connectivity index (χ1n) is 9.84. The van der Waals surface area contributed by atoms with Crippen LogP contribution in [-0.2, 0) is 25.7 Å². The van der Waals surface area contributed by atoms with E-state index < -0.39 is 18.1 Å². The molecule has 1 aliphatic rings. The monoisotopic (exact) mass is 471 g/mol. The average Bonchev–Trinajstić information content (AvgIpc) is 2.77. The highest BCUT2D eigenvalue weighted by Gasteiger charge is 2.42.